The Balaban J connectivity index is 2.00. The van der Waals surface area contributed by atoms with Gasteiger partial charge in [0.05, 0.1) is 0 Å². The number of benzene rings is 1. The van der Waals surface area contributed by atoms with E-state index >= 15 is 0 Å². The first-order valence-electron chi connectivity index (χ1n) is 4.88. The smallest absolute Gasteiger partial charge is 0.134 e. The van der Waals surface area contributed by atoms with Gasteiger partial charge in [-0.3, -0.25) is 4.79 Å². The van der Waals surface area contributed by atoms with Crippen LogP contribution in [0.15, 0.2) is 30.3 Å². The second-order valence-electron chi connectivity index (χ2n) is 4.34. The first-order chi connectivity index (χ1) is 6.31. The monoisotopic (exact) mass is 172 g/mol. The Labute approximate surface area is 77.8 Å². The highest BCUT2D eigenvalue weighted by Gasteiger charge is 2.60. The van der Waals surface area contributed by atoms with Gasteiger partial charge < -0.3 is 0 Å². The molecule has 0 unspecified atom stereocenters. The molecule has 66 valence electrons. The fraction of sp³-hybridized carbons (Fsp3) is 0.417. The van der Waals surface area contributed by atoms with Gasteiger partial charge in [-0.2, -0.15) is 0 Å². The first-order valence-corrected chi connectivity index (χ1v) is 4.88. The lowest BCUT2D eigenvalue weighted by molar-refractivity contribution is -0.118. The standard InChI is InChI=1S/C12H12O/c13-11-6-10-7-12(10,8-11)9-4-2-1-3-5-9/h1-5,10H,6-8H2/t10-,12-/m1/s1. The molecule has 13 heavy (non-hydrogen) atoms. The summed E-state index contributed by atoms with van der Waals surface area (Å²) in [7, 11) is 0. The maximum Gasteiger partial charge on any atom is 0.134 e. The van der Waals surface area contributed by atoms with Gasteiger partial charge >= 0.3 is 0 Å². The van der Waals surface area contributed by atoms with Gasteiger partial charge in [-0.25, -0.2) is 0 Å². The van der Waals surface area contributed by atoms with Gasteiger partial charge in [-0.1, -0.05) is 30.3 Å². The zero-order chi connectivity index (χ0) is 8.89. The molecule has 0 saturated heterocycles. The Kier molecular flexibility index (Phi) is 1.25. The van der Waals surface area contributed by atoms with E-state index in [4.69, 9.17) is 0 Å². The third kappa shape index (κ3) is 0.902. The van der Waals surface area contributed by atoms with E-state index in [-0.39, 0.29) is 5.41 Å². The van der Waals surface area contributed by atoms with E-state index in [0.717, 1.165) is 12.8 Å². The Morgan fingerprint density at radius 2 is 2.00 bits per heavy atom. The normalized spacial score (nSPS) is 36.0. The zero-order valence-electron chi connectivity index (χ0n) is 7.49. The molecule has 2 aliphatic rings. The van der Waals surface area contributed by atoms with E-state index in [9.17, 15) is 4.79 Å². The minimum absolute atomic E-state index is 0.276. The number of fused-ring (bicyclic) bond motifs is 1. The topological polar surface area (TPSA) is 17.1 Å². The fourth-order valence-corrected chi connectivity index (χ4v) is 2.79. The van der Waals surface area contributed by atoms with Gasteiger partial charge in [-0.05, 0) is 17.9 Å². The van der Waals surface area contributed by atoms with Gasteiger partial charge in [0.15, 0.2) is 0 Å². The molecular weight excluding hydrogens is 160 g/mol. The van der Waals surface area contributed by atoms with E-state index in [0.29, 0.717) is 11.7 Å². The van der Waals surface area contributed by atoms with Crippen LogP contribution in [-0.2, 0) is 10.2 Å². The number of ketones is 1. The number of hydrogen-bond acceptors (Lipinski definition) is 1. The molecule has 2 saturated carbocycles. The molecule has 0 spiro atoms. The molecule has 0 aromatic heterocycles. The summed E-state index contributed by atoms with van der Waals surface area (Å²) in [6.45, 7) is 0. The summed E-state index contributed by atoms with van der Waals surface area (Å²) < 4.78 is 0. The van der Waals surface area contributed by atoms with Crippen molar-refractivity contribution in [1.29, 1.82) is 0 Å². The fourth-order valence-electron chi connectivity index (χ4n) is 2.79. The number of Topliss-reactive ketones (excluding diaryl/α,β-unsaturated/α-hetero) is 1. The summed E-state index contributed by atoms with van der Waals surface area (Å²) in [6.07, 6.45) is 2.86. The predicted octanol–water partition coefficient (Wildman–Crippen LogP) is 2.31. The van der Waals surface area contributed by atoms with Crippen molar-refractivity contribution in [2.45, 2.75) is 24.7 Å². The molecule has 2 aliphatic carbocycles. The van der Waals surface area contributed by atoms with Crippen molar-refractivity contribution in [1.82, 2.24) is 0 Å². The SMILES string of the molecule is O=C1C[C@@H]2C[C@]2(c2ccccc2)C1. The first kappa shape index (κ1) is 7.31. The number of hydrogen-bond donors (Lipinski definition) is 0. The van der Waals surface area contributed by atoms with Crippen LogP contribution in [0.3, 0.4) is 0 Å². The summed E-state index contributed by atoms with van der Waals surface area (Å²) >= 11 is 0. The molecule has 0 heterocycles. The van der Waals surface area contributed by atoms with Crippen molar-refractivity contribution in [2.75, 3.05) is 0 Å². The van der Waals surface area contributed by atoms with Crippen LogP contribution in [0.2, 0.25) is 0 Å². The van der Waals surface area contributed by atoms with Crippen molar-refractivity contribution in [3.63, 3.8) is 0 Å². The van der Waals surface area contributed by atoms with Gasteiger partial charge in [0.25, 0.3) is 0 Å². The van der Waals surface area contributed by atoms with Crippen LogP contribution >= 0.6 is 0 Å². The molecule has 0 N–H and O–H groups in total. The number of rotatable bonds is 1. The zero-order valence-corrected chi connectivity index (χ0v) is 7.49. The van der Waals surface area contributed by atoms with Gasteiger partial charge in [-0.15, -0.1) is 0 Å². The van der Waals surface area contributed by atoms with Crippen molar-refractivity contribution < 1.29 is 4.79 Å². The number of carbonyl (C=O) groups is 1. The maximum atomic E-state index is 11.3. The average molecular weight is 172 g/mol. The van der Waals surface area contributed by atoms with Gasteiger partial charge in [0, 0.05) is 18.3 Å². The van der Waals surface area contributed by atoms with Crippen LogP contribution in [0.4, 0.5) is 0 Å². The summed E-state index contributed by atoms with van der Waals surface area (Å²) in [5.74, 6) is 1.13. The maximum absolute atomic E-state index is 11.3. The Bertz CT molecular complexity index is 355. The molecule has 0 aliphatic heterocycles. The molecule has 3 rings (SSSR count). The van der Waals surface area contributed by atoms with E-state index < -0.39 is 0 Å². The molecule has 1 nitrogen and oxygen atoms in total. The van der Waals surface area contributed by atoms with E-state index in [1.165, 1.54) is 12.0 Å². The Hall–Kier alpha value is -1.11. The van der Waals surface area contributed by atoms with E-state index in [2.05, 4.69) is 24.3 Å². The highest BCUT2D eigenvalue weighted by atomic mass is 16.1. The van der Waals surface area contributed by atoms with Crippen molar-refractivity contribution in [3.05, 3.63) is 35.9 Å². The van der Waals surface area contributed by atoms with Crippen LogP contribution in [0.25, 0.3) is 0 Å². The highest BCUT2D eigenvalue weighted by Crippen LogP contribution is 2.62. The third-order valence-corrected chi connectivity index (χ3v) is 3.57. The van der Waals surface area contributed by atoms with Crippen LogP contribution in [0.1, 0.15) is 24.8 Å². The summed E-state index contributed by atoms with van der Waals surface area (Å²) in [5.41, 5.74) is 1.66. The minimum atomic E-state index is 0.276. The Morgan fingerprint density at radius 3 is 2.62 bits per heavy atom. The summed E-state index contributed by atoms with van der Waals surface area (Å²) in [6, 6.07) is 10.5. The second kappa shape index (κ2) is 2.22. The molecule has 0 amide bonds. The highest BCUT2D eigenvalue weighted by molar-refractivity contribution is 5.85. The van der Waals surface area contributed by atoms with Crippen LogP contribution in [-0.4, -0.2) is 5.78 Å². The van der Waals surface area contributed by atoms with Crippen LogP contribution in [0.5, 0.6) is 0 Å². The Morgan fingerprint density at radius 1 is 1.23 bits per heavy atom. The van der Waals surface area contributed by atoms with Gasteiger partial charge in [0.2, 0.25) is 0 Å². The quantitative estimate of drug-likeness (QED) is 0.635. The lowest BCUT2D eigenvalue weighted by atomic mass is 9.93. The summed E-state index contributed by atoms with van der Waals surface area (Å²) in [5, 5.41) is 0. The largest absolute Gasteiger partial charge is 0.300 e. The summed E-state index contributed by atoms with van der Waals surface area (Å²) in [4.78, 5) is 11.3. The van der Waals surface area contributed by atoms with E-state index in [1.54, 1.807) is 0 Å². The lowest BCUT2D eigenvalue weighted by Crippen LogP contribution is -2.07. The third-order valence-electron chi connectivity index (χ3n) is 3.57. The predicted molar refractivity (Wildman–Crippen MR) is 50.5 cm³/mol. The van der Waals surface area contributed by atoms with Gasteiger partial charge in [0.1, 0.15) is 5.78 Å². The molecule has 1 aromatic carbocycles. The average Bonchev–Trinajstić information content (AvgIpc) is 2.72. The molecule has 0 radical (unpaired) electrons. The van der Waals surface area contributed by atoms with Crippen LogP contribution in [0, 0.1) is 5.92 Å². The van der Waals surface area contributed by atoms with Crippen molar-refractivity contribution in [3.8, 4) is 0 Å². The lowest BCUT2D eigenvalue weighted by Gasteiger charge is -2.10. The number of carbonyl (C=O) groups excluding carboxylic acids is 1. The van der Waals surface area contributed by atoms with Crippen molar-refractivity contribution in [2.24, 2.45) is 5.92 Å². The molecule has 2 fully saturated rings. The molecule has 1 aromatic rings. The minimum Gasteiger partial charge on any atom is -0.300 e. The second-order valence-corrected chi connectivity index (χ2v) is 4.34. The van der Waals surface area contributed by atoms with Crippen molar-refractivity contribution >= 4 is 5.78 Å². The molecule has 2 atom stereocenters. The molecular formula is C12H12O. The molecule has 1 heteroatoms. The molecule has 0 bridgehead atoms. The van der Waals surface area contributed by atoms with Crippen LogP contribution < -0.4 is 0 Å². The van der Waals surface area contributed by atoms with E-state index in [1.807, 2.05) is 6.07 Å².